The van der Waals surface area contributed by atoms with E-state index in [1.165, 1.54) is 18.5 Å². The molecule has 0 atom stereocenters. The number of ether oxygens (including phenoxy) is 2. The van der Waals surface area contributed by atoms with Crippen molar-refractivity contribution in [2.45, 2.75) is 12.8 Å². The third-order valence-electron chi connectivity index (χ3n) is 3.44. The van der Waals surface area contributed by atoms with Crippen LogP contribution in [0, 0.1) is 0 Å². The molecule has 122 valence electrons. The Hall–Kier alpha value is -1.80. The topological polar surface area (TPSA) is 84.9 Å². The zero-order valence-corrected chi connectivity index (χ0v) is 13.5. The van der Waals surface area contributed by atoms with E-state index in [4.69, 9.17) is 9.47 Å². The maximum Gasteiger partial charge on any atom is 0.239 e. The number of rotatable bonds is 5. The number of sulfonamides is 1. The average molecular weight is 328 g/mol. The molecule has 22 heavy (non-hydrogen) atoms. The SMILES string of the molecule is COc1ccc(NC(=O)CN2CCCCS2(=O)=O)cc1OC. The highest BCUT2D eigenvalue weighted by Crippen LogP contribution is 2.29. The van der Waals surface area contributed by atoms with Crippen molar-refractivity contribution in [1.82, 2.24) is 4.31 Å². The summed E-state index contributed by atoms with van der Waals surface area (Å²) in [5, 5.41) is 2.67. The van der Waals surface area contributed by atoms with Crippen molar-refractivity contribution in [3.8, 4) is 11.5 Å². The van der Waals surface area contributed by atoms with Crippen LogP contribution in [0.15, 0.2) is 18.2 Å². The molecule has 1 fully saturated rings. The Morgan fingerprint density at radius 1 is 1.23 bits per heavy atom. The fourth-order valence-corrected chi connectivity index (χ4v) is 3.84. The molecule has 0 bridgehead atoms. The molecule has 2 rings (SSSR count). The van der Waals surface area contributed by atoms with Crippen molar-refractivity contribution >= 4 is 21.6 Å². The molecular formula is C14H20N2O5S. The molecule has 0 spiro atoms. The average Bonchev–Trinajstić information content (AvgIpc) is 2.49. The second kappa shape index (κ2) is 6.97. The molecule has 8 heteroatoms. The Balaban J connectivity index is 2.03. The number of hydrogen-bond acceptors (Lipinski definition) is 5. The fourth-order valence-electron chi connectivity index (χ4n) is 2.29. The van der Waals surface area contributed by atoms with Gasteiger partial charge in [0.1, 0.15) is 0 Å². The quantitative estimate of drug-likeness (QED) is 0.874. The highest BCUT2D eigenvalue weighted by molar-refractivity contribution is 7.89. The minimum atomic E-state index is -3.31. The number of methoxy groups -OCH3 is 2. The third-order valence-corrected chi connectivity index (χ3v) is 5.34. The standard InChI is InChI=1S/C14H20N2O5S/c1-20-12-6-5-11(9-13(12)21-2)15-14(17)10-16-7-3-4-8-22(16,18)19/h5-6,9H,3-4,7-8,10H2,1-2H3,(H,15,17). The van der Waals surface area contributed by atoms with Crippen LogP contribution < -0.4 is 14.8 Å². The molecule has 1 saturated heterocycles. The molecule has 1 N–H and O–H groups in total. The molecule has 1 amide bonds. The Bertz CT molecular complexity index is 645. The van der Waals surface area contributed by atoms with Gasteiger partial charge in [-0.2, -0.15) is 4.31 Å². The minimum absolute atomic E-state index is 0.108. The Morgan fingerprint density at radius 2 is 1.95 bits per heavy atom. The van der Waals surface area contributed by atoms with Gasteiger partial charge in [0.2, 0.25) is 15.9 Å². The number of nitrogens with one attached hydrogen (secondary N) is 1. The molecule has 7 nitrogen and oxygen atoms in total. The minimum Gasteiger partial charge on any atom is -0.493 e. The maximum atomic E-state index is 12.0. The summed E-state index contributed by atoms with van der Waals surface area (Å²) in [5.41, 5.74) is 0.525. The van der Waals surface area contributed by atoms with Gasteiger partial charge in [-0.15, -0.1) is 0 Å². The largest absolute Gasteiger partial charge is 0.493 e. The van der Waals surface area contributed by atoms with Crippen molar-refractivity contribution in [3.63, 3.8) is 0 Å². The highest BCUT2D eigenvalue weighted by Gasteiger charge is 2.27. The lowest BCUT2D eigenvalue weighted by molar-refractivity contribution is -0.116. The molecule has 1 heterocycles. The molecule has 1 aliphatic heterocycles. The van der Waals surface area contributed by atoms with Crippen LogP contribution in [-0.2, 0) is 14.8 Å². The number of carbonyl (C=O) groups is 1. The summed E-state index contributed by atoms with van der Waals surface area (Å²) in [6.45, 7) is 0.221. The van der Waals surface area contributed by atoms with E-state index in [1.54, 1.807) is 18.2 Å². The van der Waals surface area contributed by atoms with Gasteiger partial charge < -0.3 is 14.8 Å². The van der Waals surface area contributed by atoms with Gasteiger partial charge in [0.05, 0.1) is 26.5 Å². The van der Waals surface area contributed by atoms with Gasteiger partial charge in [0, 0.05) is 18.3 Å². The fraction of sp³-hybridized carbons (Fsp3) is 0.500. The first kappa shape index (κ1) is 16.6. The lowest BCUT2D eigenvalue weighted by atomic mass is 10.2. The molecule has 0 radical (unpaired) electrons. The number of nitrogens with zero attached hydrogens (tertiary/aromatic N) is 1. The van der Waals surface area contributed by atoms with Crippen molar-refractivity contribution < 1.29 is 22.7 Å². The predicted molar refractivity (Wildman–Crippen MR) is 82.8 cm³/mol. The zero-order valence-electron chi connectivity index (χ0n) is 12.7. The molecule has 0 unspecified atom stereocenters. The zero-order chi connectivity index (χ0) is 16.2. The van der Waals surface area contributed by atoms with Crippen LogP contribution in [0.5, 0.6) is 11.5 Å². The summed E-state index contributed by atoms with van der Waals surface area (Å²) in [6, 6.07) is 4.97. The Kier molecular flexibility index (Phi) is 5.25. The van der Waals surface area contributed by atoms with E-state index in [2.05, 4.69) is 5.32 Å². The second-order valence-corrected chi connectivity index (χ2v) is 7.06. The molecule has 1 aliphatic rings. The number of anilines is 1. The van der Waals surface area contributed by atoms with Gasteiger partial charge in [0.15, 0.2) is 11.5 Å². The molecular weight excluding hydrogens is 308 g/mol. The molecule has 0 aliphatic carbocycles. The Morgan fingerprint density at radius 3 is 2.59 bits per heavy atom. The van der Waals surface area contributed by atoms with Gasteiger partial charge in [0.25, 0.3) is 0 Å². The number of benzene rings is 1. The van der Waals surface area contributed by atoms with Crippen LogP contribution in [0.4, 0.5) is 5.69 Å². The van der Waals surface area contributed by atoms with Crippen LogP contribution >= 0.6 is 0 Å². The van der Waals surface area contributed by atoms with E-state index in [1.807, 2.05) is 0 Å². The van der Waals surface area contributed by atoms with E-state index in [0.29, 0.717) is 30.2 Å². The molecule has 0 aromatic heterocycles. The van der Waals surface area contributed by atoms with Gasteiger partial charge in [-0.3, -0.25) is 4.79 Å². The van der Waals surface area contributed by atoms with Crippen molar-refractivity contribution in [2.75, 3.05) is 38.4 Å². The summed E-state index contributed by atoms with van der Waals surface area (Å²) in [5.74, 6) is 0.777. The lowest BCUT2D eigenvalue weighted by Gasteiger charge is -2.25. The molecule has 1 aromatic rings. The lowest BCUT2D eigenvalue weighted by Crippen LogP contribution is -2.42. The maximum absolute atomic E-state index is 12.0. The van der Waals surface area contributed by atoms with Crippen LogP contribution in [0.25, 0.3) is 0 Å². The Labute approximate surface area is 130 Å². The predicted octanol–water partition coefficient (Wildman–Crippen LogP) is 1.07. The van der Waals surface area contributed by atoms with Gasteiger partial charge in [-0.1, -0.05) is 0 Å². The van der Waals surface area contributed by atoms with Crippen LogP contribution in [-0.4, -0.2) is 51.7 Å². The first-order valence-corrected chi connectivity index (χ1v) is 8.57. The van der Waals surface area contributed by atoms with E-state index in [9.17, 15) is 13.2 Å². The molecule has 0 saturated carbocycles. The number of amides is 1. The van der Waals surface area contributed by atoms with Crippen molar-refractivity contribution in [1.29, 1.82) is 0 Å². The van der Waals surface area contributed by atoms with Crippen LogP contribution in [0.3, 0.4) is 0 Å². The summed E-state index contributed by atoms with van der Waals surface area (Å²) in [6.07, 6.45) is 1.43. The second-order valence-electron chi connectivity index (χ2n) is 4.97. The van der Waals surface area contributed by atoms with E-state index >= 15 is 0 Å². The van der Waals surface area contributed by atoms with E-state index < -0.39 is 10.0 Å². The summed E-state index contributed by atoms with van der Waals surface area (Å²) in [7, 11) is -0.278. The smallest absolute Gasteiger partial charge is 0.239 e. The van der Waals surface area contributed by atoms with Crippen LogP contribution in [0.1, 0.15) is 12.8 Å². The first-order valence-electron chi connectivity index (χ1n) is 6.96. The van der Waals surface area contributed by atoms with Gasteiger partial charge in [-0.25, -0.2) is 8.42 Å². The third kappa shape index (κ3) is 3.89. The normalized spacial score (nSPS) is 17.7. The summed E-state index contributed by atoms with van der Waals surface area (Å²) < 4.78 is 35.2. The number of carbonyl (C=O) groups excluding carboxylic acids is 1. The van der Waals surface area contributed by atoms with Crippen molar-refractivity contribution in [3.05, 3.63) is 18.2 Å². The number of hydrogen-bond donors (Lipinski definition) is 1. The van der Waals surface area contributed by atoms with E-state index in [0.717, 1.165) is 6.42 Å². The summed E-state index contributed by atoms with van der Waals surface area (Å²) >= 11 is 0. The van der Waals surface area contributed by atoms with Gasteiger partial charge >= 0.3 is 0 Å². The monoisotopic (exact) mass is 328 g/mol. The van der Waals surface area contributed by atoms with Crippen molar-refractivity contribution in [2.24, 2.45) is 0 Å². The van der Waals surface area contributed by atoms with Gasteiger partial charge in [-0.05, 0) is 25.0 Å². The first-order chi connectivity index (χ1) is 10.5. The molecule has 1 aromatic carbocycles. The highest BCUT2D eigenvalue weighted by atomic mass is 32.2. The summed E-state index contributed by atoms with van der Waals surface area (Å²) in [4.78, 5) is 12.0. The van der Waals surface area contributed by atoms with Crippen LogP contribution in [0.2, 0.25) is 0 Å². The van der Waals surface area contributed by atoms with E-state index in [-0.39, 0.29) is 18.2 Å².